The molecule has 0 radical (unpaired) electrons. The van der Waals surface area contributed by atoms with E-state index in [2.05, 4.69) is 11.8 Å². The molecule has 17 heavy (non-hydrogen) atoms. The first-order valence-corrected chi connectivity index (χ1v) is 5.95. The van der Waals surface area contributed by atoms with E-state index in [1.165, 1.54) is 6.07 Å². The fraction of sp³-hybridized carbons (Fsp3) is 0.583. The van der Waals surface area contributed by atoms with E-state index in [0.29, 0.717) is 12.2 Å². The fourth-order valence-electron chi connectivity index (χ4n) is 2.07. The third-order valence-corrected chi connectivity index (χ3v) is 2.99. The van der Waals surface area contributed by atoms with Gasteiger partial charge in [-0.3, -0.25) is 9.69 Å². The van der Waals surface area contributed by atoms with Crippen molar-refractivity contribution in [3.63, 3.8) is 0 Å². The SMILES string of the molecule is CC1CN(CCn2cc(N)ccc2=O)CCO1. The highest BCUT2D eigenvalue weighted by Crippen LogP contribution is 2.04. The van der Waals surface area contributed by atoms with Crippen LogP contribution in [-0.2, 0) is 11.3 Å². The lowest BCUT2D eigenvalue weighted by Gasteiger charge is -2.31. The summed E-state index contributed by atoms with van der Waals surface area (Å²) in [5, 5.41) is 0. The van der Waals surface area contributed by atoms with Crippen LogP contribution in [0.5, 0.6) is 0 Å². The van der Waals surface area contributed by atoms with E-state index in [4.69, 9.17) is 10.5 Å². The average molecular weight is 237 g/mol. The second kappa shape index (κ2) is 5.33. The summed E-state index contributed by atoms with van der Waals surface area (Å²) in [5.74, 6) is 0. The highest BCUT2D eigenvalue weighted by molar-refractivity contribution is 5.33. The van der Waals surface area contributed by atoms with Gasteiger partial charge in [0.2, 0.25) is 0 Å². The molecule has 0 bridgehead atoms. The Kier molecular flexibility index (Phi) is 3.81. The summed E-state index contributed by atoms with van der Waals surface area (Å²) in [6.45, 7) is 6.23. The van der Waals surface area contributed by atoms with Gasteiger partial charge in [0.1, 0.15) is 0 Å². The van der Waals surface area contributed by atoms with Gasteiger partial charge in [-0.05, 0) is 13.0 Å². The first-order chi connectivity index (χ1) is 8.15. The molecule has 1 aromatic rings. The lowest BCUT2D eigenvalue weighted by atomic mass is 10.3. The summed E-state index contributed by atoms with van der Waals surface area (Å²) in [6, 6.07) is 3.15. The Hall–Kier alpha value is -1.33. The van der Waals surface area contributed by atoms with Gasteiger partial charge in [0.05, 0.1) is 12.7 Å². The fourth-order valence-corrected chi connectivity index (χ4v) is 2.07. The van der Waals surface area contributed by atoms with E-state index in [-0.39, 0.29) is 11.7 Å². The molecule has 1 aliphatic heterocycles. The molecule has 2 rings (SSSR count). The second-order valence-corrected chi connectivity index (χ2v) is 4.48. The molecule has 2 N–H and O–H groups in total. The number of hydrogen-bond acceptors (Lipinski definition) is 4. The van der Waals surface area contributed by atoms with E-state index >= 15 is 0 Å². The number of aromatic nitrogens is 1. The molecule has 0 aromatic carbocycles. The smallest absolute Gasteiger partial charge is 0.250 e. The first-order valence-electron chi connectivity index (χ1n) is 5.95. The van der Waals surface area contributed by atoms with Crippen LogP contribution in [0.1, 0.15) is 6.92 Å². The maximum Gasteiger partial charge on any atom is 0.250 e. The summed E-state index contributed by atoms with van der Waals surface area (Å²) in [5.41, 5.74) is 6.29. The molecule has 1 aromatic heterocycles. The first kappa shape index (κ1) is 12.1. The molecular weight excluding hydrogens is 218 g/mol. The van der Waals surface area contributed by atoms with Crippen molar-refractivity contribution in [2.45, 2.75) is 19.6 Å². The van der Waals surface area contributed by atoms with Gasteiger partial charge in [-0.2, -0.15) is 0 Å². The molecule has 1 unspecified atom stereocenters. The molecule has 5 nitrogen and oxygen atoms in total. The minimum absolute atomic E-state index is 0.000470. The normalized spacial score (nSPS) is 21.6. The van der Waals surface area contributed by atoms with Crippen molar-refractivity contribution < 1.29 is 4.74 Å². The summed E-state index contributed by atoms with van der Waals surface area (Å²) in [4.78, 5) is 13.9. The maximum atomic E-state index is 11.6. The molecule has 1 fully saturated rings. The third-order valence-electron chi connectivity index (χ3n) is 2.99. The number of morpholine rings is 1. The molecule has 2 heterocycles. The molecule has 1 saturated heterocycles. The van der Waals surface area contributed by atoms with Crippen molar-refractivity contribution in [1.29, 1.82) is 0 Å². The maximum absolute atomic E-state index is 11.6. The van der Waals surface area contributed by atoms with Gasteiger partial charge in [-0.1, -0.05) is 0 Å². The number of anilines is 1. The van der Waals surface area contributed by atoms with Crippen LogP contribution in [0.2, 0.25) is 0 Å². The third kappa shape index (κ3) is 3.31. The van der Waals surface area contributed by atoms with Crippen LogP contribution in [-0.4, -0.2) is 41.8 Å². The van der Waals surface area contributed by atoms with Crippen molar-refractivity contribution in [1.82, 2.24) is 9.47 Å². The van der Waals surface area contributed by atoms with Crippen LogP contribution in [0.25, 0.3) is 0 Å². The highest BCUT2D eigenvalue weighted by Gasteiger charge is 2.15. The Labute approximate surface area is 101 Å². The number of nitrogen functional groups attached to an aromatic ring is 1. The zero-order valence-electron chi connectivity index (χ0n) is 10.1. The lowest BCUT2D eigenvalue weighted by Crippen LogP contribution is -2.43. The number of hydrogen-bond donors (Lipinski definition) is 1. The zero-order chi connectivity index (χ0) is 12.3. The summed E-state index contributed by atoms with van der Waals surface area (Å²) in [7, 11) is 0. The largest absolute Gasteiger partial charge is 0.398 e. The van der Waals surface area contributed by atoms with E-state index in [0.717, 1.165) is 26.2 Å². The quantitative estimate of drug-likeness (QED) is 0.813. The van der Waals surface area contributed by atoms with Gasteiger partial charge in [0.15, 0.2) is 0 Å². The number of nitrogens with two attached hydrogens (primary N) is 1. The van der Waals surface area contributed by atoms with Crippen LogP contribution >= 0.6 is 0 Å². The van der Waals surface area contributed by atoms with Crippen LogP contribution in [0.4, 0.5) is 5.69 Å². The van der Waals surface area contributed by atoms with Crippen LogP contribution in [0.3, 0.4) is 0 Å². The number of pyridine rings is 1. The van der Waals surface area contributed by atoms with E-state index in [1.807, 2.05) is 0 Å². The minimum Gasteiger partial charge on any atom is -0.398 e. The van der Waals surface area contributed by atoms with Crippen LogP contribution in [0, 0.1) is 0 Å². The standard InChI is InChI=1S/C12H19N3O2/c1-10-8-14(6-7-17-10)4-5-15-9-11(13)2-3-12(15)16/h2-3,9-10H,4-8,13H2,1H3. The molecule has 0 aliphatic carbocycles. The predicted molar refractivity (Wildman–Crippen MR) is 67.0 cm³/mol. The number of nitrogens with zero attached hydrogens (tertiary/aromatic N) is 2. The molecule has 5 heteroatoms. The molecule has 0 saturated carbocycles. The topological polar surface area (TPSA) is 60.5 Å². The zero-order valence-corrected chi connectivity index (χ0v) is 10.1. The Morgan fingerprint density at radius 3 is 3.06 bits per heavy atom. The minimum atomic E-state index is 0.000470. The number of rotatable bonds is 3. The highest BCUT2D eigenvalue weighted by atomic mass is 16.5. The van der Waals surface area contributed by atoms with Gasteiger partial charge >= 0.3 is 0 Å². The second-order valence-electron chi connectivity index (χ2n) is 4.48. The van der Waals surface area contributed by atoms with Gasteiger partial charge in [0, 0.05) is 44.1 Å². The summed E-state index contributed by atoms with van der Waals surface area (Å²) in [6.07, 6.45) is 1.98. The van der Waals surface area contributed by atoms with Gasteiger partial charge in [-0.15, -0.1) is 0 Å². The Bertz CT molecular complexity index is 430. The van der Waals surface area contributed by atoms with Gasteiger partial charge in [-0.25, -0.2) is 0 Å². The Balaban J connectivity index is 1.93. The predicted octanol–water partition coefficient (Wildman–Crippen LogP) is 0.151. The summed E-state index contributed by atoms with van der Waals surface area (Å²) < 4.78 is 7.13. The Morgan fingerprint density at radius 2 is 2.29 bits per heavy atom. The molecular formula is C12H19N3O2. The van der Waals surface area contributed by atoms with Crippen LogP contribution in [0.15, 0.2) is 23.1 Å². The molecule has 94 valence electrons. The molecule has 1 aliphatic rings. The van der Waals surface area contributed by atoms with Crippen molar-refractivity contribution in [2.24, 2.45) is 0 Å². The summed E-state index contributed by atoms with van der Waals surface area (Å²) >= 11 is 0. The van der Waals surface area contributed by atoms with Crippen molar-refractivity contribution >= 4 is 5.69 Å². The van der Waals surface area contributed by atoms with E-state index in [9.17, 15) is 4.79 Å². The van der Waals surface area contributed by atoms with E-state index in [1.54, 1.807) is 16.8 Å². The number of ether oxygens (including phenoxy) is 1. The average Bonchev–Trinajstić information content (AvgIpc) is 2.30. The molecule has 1 atom stereocenters. The van der Waals surface area contributed by atoms with Gasteiger partial charge in [0.25, 0.3) is 5.56 Å². The van der Waals surface area contributed by atoms with Gasteiger partial charge < -0.3 is 15.0 Å². The lowest BCUT2D eigenvalue weighted by molar-refractivity contribution is -0.0191. The molecule has 0 amide bonds. The Morgan fingerprint density at radius 1 is 1.47 bits per heavy atom. The van der Waals surface area contributed by atoms with Crippen LogP contribution < -0.4 is 11.3 Å². The monoisotopic (exact) mass is 237 g/mol. The molecule has 0 spiro atoms. The van der Waals surface area contributed by atoms with E-state index < -0.39 is 0 Å². The van der Waals surface area contributed by atoms with Crippen molar-refractivity contribution in [2.75, 3.05) is 32.0 Å². The van der Waals surface area contributed by atoms with Crippen molar-refractivity contribution in [3.8, 4) is 0 Å². The van der Waals surface area contributed by atoms with Crippen molar-refractivity contribution in [3.05, 3.63) is 28.7 Å².